The van der Waals surface area contributed by atoms with E-state index in [0.717, 1.165) is 6.42 Å². The van der Waals surface area contributed by atoms with Gasteiger partial charge in [0.15, 0.2) is 0 Å². The van der Waals surface area contributed by atoms with Crippen LogP contribution in [0.3, 0.4) is 0 Å². The lowest BCUT2D eigenvalue weighted by Crippen LogP contribution is -2.31. The van der Waals surface area contributed by atoms with Crippen molar-refractivity contribution in [3.8, 4) is 0 Å². The highest BCUT2D eigenvalue weighted by Gasteiger charge is 2.37. The highest BCUT2D eigenvalue weighted by Crippen LogP contribution is 2.41. The van der Waals surface area contributed by atoms with Crippen molar-refractivity contribution < 1.29 is 14.8 Å². The smallest absolute Gasteiger partial charge is 0.309 e. The third kappa shape index (κ3) is 11.3. The average Bonchev–Trinajstić information content (AvgIpc) is 2.34. The summed E-state index contributed by atoms with van der Waals surface area (Å²) >= 11 is 0. The van der Waals surface area contributed by atoms with Crippen LogP contribution in [-0.2, 0) is 4.79 Å². The molecular formula is C21H41NO4. The van der Waals surface area contributed by atoms with E-state index in [1.165, 1.54) is 0 Å². The molecule has 0 saturated heterocycles. The fourth-order valence-electron chi connectivity index (χ4n) is 3.86. The van der Waals surface area contributed by atoms with Crippen molar-refractivity contribution in [2.24, 2.45) is 21.7 Å². The van der Waals surface area contributed by atoms with E-state index in [1.54, 1.807) is 19.9 Å². The van der Waals surface area contributed by atoms with Crippen molar-refractivity contribution in [2.75, 3.05) is 0 Å². The molecule has 5 heteroatoms. The summed E-state index contributed by atoms with van der Waals surface area (Å²) in [5, 5.41) is 20.9. The van der Waals surface area contributed by atoms with Crippen LogP contribution >= 0.6 is 0 Å². The molecule has 0 aliphatic carbocycles. The maximum Gasteiger partial charge on any atom is 0.309 e. The molecule has 0 bridgehead atoms. The average molecular weight is 372 g/mol. The highest BCUT2D eigenvalue weighted by molar-refractivity contribution is 5.73. The maximum atomic E-state index is 11.5. The molecule has 0 aromatic heterocycles. The first-order valence-electron chi connectivity index (χ1n) is 9.47. The van der Waals surface area contributed by atoms with Crippen molar-refractivity contribution in [1.82, 2.24) is 0 Å². The molecule has 0 rings (SSSR count). The van der Waals surface area contributed by atoms with E-state index in [9.17, 15) is 20.0 Å². The molecule has 0 atom stereocenters. The number of nitrogens with zero attached hydrogens (tertiary/aromatic N) is 1. The SMILES string of the molecule is CC.CC(C)(C)CC(C)(C)/C=C(\CC(C)(C)CC(C)(C)C(=O)O)[N+](=O)[O-]. The van der Waals surface area contributed by atoms with Gasteiger partial charge in [-0.1, -0.05) is 62.3 Å². The molecule has 0 unspecified atom stereocenters. The normalized spacial score (nSPS) is 13.7. The molecule has 0 aliphatic rings. The predicted molar refractivity (Wildman–Crippen MR) is 109 cm³/mol. The van der Waals surface area contributed by atoms with Gasteiger partial charge < -0.3 is 5.11 Å². The fraction of sp³-hybridized carbons (Fsp3) is 0.857. The number of carboxylic acid groups (broad SMARTS) is 1. The quantitative estimate of drug-likeness (QED) is 0.387. The Balaban J connectivity index is 0. The van der Waals surface area contributed by atoms with E-state index in [1.807, 2.05) is 41.5 Å². The van der Waals surface area contributed by atoms with Crippen LogP contribution in [0.4, 0.5) is 0 Å². The summed E-state index contributed by atoms with van der Waals surface area (Å²) in [4.78, 5) is 22.6. The molecule has 0 radical (unpaired) electrons. The van der Waals surface area contributed by atoms with E-state index in [4.69, 9.17) is 0 Å². The van der Waals surface area contributed by atoms with Gasteiger partial charge in [0, 0.05) is 6.42 Å². The highest BCUT2D eigenvalue weighted by atomic mass is 16.6. The summed E-state index contributed by atoms with van der Waals surface area (Å²) in [6.45, 7) is 21.5. The van der Waals surface area contributed by atoms with E-state index in [0.29, 0.717) is 6.42 Å². The minimum atomic E-state index is -0.911. The van der Waals surface area contributed by atoms with Gasteiger partial charge in [-0.3, -0.25) is 14.9 Å². The van der Waals surface area contributed by atoms with Crippen molar-refractivity contribution in [3.05, 3.63) is 21.9 Å². The van der Waals surface area contributed by atoms with E-state index in [-0.39, 0.29) is 27.9 Å². The second kappa shape index (κ2) is 9.52. The molecule has 0 heterocycles. The van der Waals surface area contributed by atoms with Gasteiger partial charge in [-0.2, -0.15) is 0 Å². The Kier molecular flexibility index (Phi) is 9.82. The second-order valence-electron chi connectivity index (χ2n) is 10.3. The van der Waals surface area contributed by atoms with Crippen LogP contribution in [0.15, 0.2) is 11.8 Å². The zero-order valence-corrected chi connectivity index (χ0v) is 18.8. The third-order valence-corrected chi connectivity index (χ3v) is 3.94. The zero-order valence-electron chi connectivity index (χ0n) is 18.8. The molecule has 0 saturated carbocycles. The number of allylic oxidation sites excluding steroid dienone is 2. The Bertz CT molecular complexity index is 509. The number of nitro groups is 1. The number of aliphatic carboxylic acids is 1. The summed E-state index contributed by atoms with van der Waals surface area (Å²) in [6, 6.07) is 0. The number of hydrogen-bond donors (Lipinski definition) is 1. The lowest BCUT2D eigenvalue weighted by atomic mass is 9.71. The summed E-state index contributed by atoms with van der Waals surface area (Å²) in [7, 11) is 0. The maximum absolute atomic E-state index is 11.5. The van der Waals surface area contributed by atoms with Crippen molar-refractivity contribution >= 4 is 5.97 Å². The minimum Gasteiger partial charge on any atom is -0.481 e. The summed E-state index contributed by atoms with van der Waals surface area (Å²) in [5.41, 5.74) is -1.43. The van der Waals surface area contributed by atoms with Gasteiger partial charge >= 0.3 is 5.97 Å². The van der Waals surface area contributed by atoms with Gasteiger partial charge in [0.2, 0.25) is 5.70 Å². The number of hydrogen-bond acceptors (Lipinski definition) is 3. The molecule has 154 valence electrons. The van der Waals surface area contributed by atoms with Crippen LogP contribution < -0.4 is 0 Å². The summed E-state index contributed by atoms with van der Waals surface area (Å²) in [5.74, 6) is -0.879. The van der Waals surface area contributed by atoms with Crippen molar-refractivity contribution in [2.45, 2.75) is 95.4 Å². The van der Waals surface area contributed by atoms with Gasteiger partial charge in [0.25, 0.3) is 0 Å². The third-order valence-electron chi connectivity index (χ3n) is 3.94. The minimum absolute atomic E-state index is 0.0719. The van der Waals surface area contributed by atoms with Crippen LogP contribution in [0, 0.1) is 31.8 Å². The number of carboxylic acids is 1. The van der Waals surface area contributed by atoms with Gasteiger partial charge in [0.05, 0.1) is 10.3 Å². The molecule has 0 aromatic carbocycles. The zero-order chi connectivity index (χ0) is 21.6. The molecule has 0 amide bonds. The van der Waals surface area contributed by atoms with Crippen LogP contribution in [0.1, 0.15) is 95.4 Å². The first kappa shape index (κ1) is 26.8. The molecule has 0 spiro atoms. The Hall–Kier alpha value is -1.39. The number of rotatable bonds is 8. The Morgan fingerprint density at radius 1 is 0.962 bits per heavy atom. The first-order valence-corrected chi connectivity index (χ1v) is 9.47. The fourth-order valence-corrected chi connectivity index (χ4v) is 3.86. The topological polar surface area (TPSA) is 80.4 Å². The van der Waals surface area contributed by atoms with E-state index >= 15 is 0 Å². The molecule has 26 heavy (non-hydrogen) atoms. The van der Waals surface area contributed by atoms with Gasteiger partial charge in [-0.15, -0.1) is 0 Å². The lowest BCUT2D eigenvalue weighted by Gasteiger charge is -2.32. The molecule has 1 N–H and O–H groups in total. The van der Waals surface area contributed by atoms with Gasteiger partial charge in [0.1, 0.15) is 0 Å². The largest absolute Gasteiger partial charge is 0.481 e. The van der Waals surface area contributed by atoms with Crippen LogP contribution in [-0.4, -0.2) is 16.0 Å². The van der Waals surface area contributed by atoms with Crippen LogP contribution in [0.5, 0.6) is 0 Å². The van der Waals surface area contributed by atoms with Crippen molar-refractivity contribution in [3.63, 3.8) is 0 Å². The first-order chi connectivity index (χ1) is 11.4. The molecule has 0 aliphatic heterocycles. The van der Waals surface area contributed by atoms with E-state index < -0.39 is 16.8 Å². The van der Waals surface area contributed by atoms with Crippen LogP contribution in [0.2, 0.25) is 0 Å². The Morgan fingerprint density at radius 2 is 1.38 bits per heavy atom. The Morgan fingerprint density at radius 3 is 1.69 bits per heavy atom. The predicted octanol–water partition coefficient (Wildman–Crippen LogP) is 6.55. The lowest BCUT2D eigenvalue weighted by molar-refractivity contribution is -0.430. The molecule has 0 fully saturated rings. The number of carbonyl (C=O) groups is 1. The van der Waals surface area contributed by atoms with Crippen molar-refractivity contribution in [1.29, 1.82) is 0 Å². The second-order valence-corrected chi connectivity index (χ2v) is 10.3. The molecule has 5 nitrogen and oxygen atoms in total. The molecular weight excluding hydrogens is 330 g/mol. The summed E-state index contributed by atoms with van der Waals surface area (Å²) < 4.78 is 0. The Labute approximate surface area is 160 Å². The molecule has 0 aromatic rings. The standard InChI is InChI=1S/C19H35NO4.C2H6/c1-16(2,3)12-17(4,5)10-14(20(23)24)11-18(6,7)13-19(8,9)15(21)22;1-2/h10H,11-13H2,1-9H3,(H,21,22);1-2H3/b14-10+;. The summed E-state index contributed by atoms with van der Waals surface area (Å²) in [6.07, 6.45) is 3.22. The van der Waals surface area contributed by atoms with Gasteiger partial charge in [-0.25, -0.2) is 0 Å². The monoisotopic (exact) mass is 371 g/mol. The van der Waals surface area contributed by atoms with E-state index in [2.05, 4.69) is 20.8 Å². The van der Waals surface area contributed by atoms with Gasteiger partial charge in [-0.05, 0) is 49.0 Å². The van der Waals surface area contributed by atoms with Crippen LogP contribution in [0.25, 0.3) is 0 Å².